The van der Waals surface area contributed by atoms with Gasteiger partial charge in [-0.15, -0.1) is 0 Å². The van der Waals surface area contributed by atoms with Gasteiger partial charge in [0, 0.05) is 16.8 Å². The lowest BCUT2D eigenvalue weighted by Gasteiger charge is -2.33. The topological polar surface area (TPSA) is 82.1 Å². The lowest BCUT2D eigenvalue weighted by Crippen LogP contribution is -2.51. The van der Waals surface area contributed by atoms with E-state index in [4.69, 9.17) is 14.3 Å². The second kappa shape index (κ2) is 9.94. The zero-order valence-corrected chi connectivity index (χ0v) is 19.8. The van der Waals surface area contributed by atoms with E-state index < -0.39 is 40.3 Å². The average molecular weight is 460 g/mol. The van der Waals surface area contributed by atoms with Crippen LogP contribution in [0.1, 0.15) is 37.9 Å². The molecular weight excluding hydrogens is 430 g/mol. The summed E-state index contributed by atoms with van der Waals surface area (Å²) in [7, 11) is 0.103. The van der Waals surface area contributed by atoms with Crippen LogP contribution in [0, 0.1) is 12.3 Å². The summed E-state index contributed by atoms with van der Waals surface area (Å²) >= 11 is 0. The van der Waals surface area contributed by atoms with Gasteiger partial charge in [-0.05, 0) is 51.5 Å². The number of esters is 2. The molecule has 1 fully saturated rings. The predicted molar refractivity (Wildman–Crippen MR) is 119 cm³/mol. The molecule has 1 aliphatic heterocycles. The number of hydrogen-bond acceptors (Lipinski definition) is 7. The van der Waals surface area contributed by atoms with Crippen LogP contribution in [0.5, 0.6) is 0 Å². The first-order valence-corrected chi connectivity index (χ1v) is 11.7. The van der Waals surface area contributed by atoms with Crippen molar-refractivity contribution in [3.8, 4) is 0 Å². The minimum absolute atomic E-state index is 0.0973. The summed E-state index contributed by atoms with van der Waals surface area (Å²) in [5.74, 6) is -1.45. The van der Waals surface area contributed by atoms with Crippen molar-refractivity contribution in [2.24, 2.45) is 5.41 Å². The van der Waals surface area contributed by atoms with E-state index in [1.165, 1.54) is 5.06 Å². The van der Waals surface area contributed by atoms with Crippen molar-refractivity contribution in [1.29, 1.82) is 0 Å². The summed E-state index contributed by atoms with van der Waals surface area (Å²) in [4.78, 5) is 33.6. The highest BCUT2D eigenvalue weighted by Crippen LogP contribution is 2.51. The monoisotopic (exact) mass is 459 g/mol. The van der Waals surface area contributed by atoms with Crippen LogP contribution in [0.2, 0.25) is 0 Å². The van der Waals surface area contributed by atoms with Gasteiger partial charge in [0.05, 0.1) is 30.1 Å². The maximum absolute atomic E-state index is 13.5. The van der Waals surface area contributed by atoms with Gasteiger partial charge in [-0.25, -0.2) is 4.21 Å². The normalized spacial score (nSPS) is 21.2. The second-order valence-electron chi connectivity index (χ2n) is 7.63. The summed E-state index contributed by atoms with van der Waals surface area (Å²) in [5.41, 5.74) is -0.172. The molecule has 3 atom stereocenters. The number of carbonyl (C=O) groups is 2. The van der Waals surface area contributed by atoms with Gasteiger partial charge in [-0.1, -0.05) is 35.9 Å². The summed E-state index contributed by atoms with van der Waals surface area (Å²) in [6.07, 6.45) is -0.850. The molecule has 1 heterocycles. The molecule has 3 rings (SSSR count). The molecule has 0 aromatic heterocycles. The van der Waals surface area contributed by atoms with Crippen LogP contribution < -0.4 is 0 Å². The smallest absolute Gasteiger partial charge is 0.328 e. The molecule has 0 N–H and O–H groups in total. The van der Waals surface area contributed by atoms with Gasteiger partial charge in [0.25, 0.3) is 0 Å². The van der Waals surface area contributed by atoms with Crippen molar-refractivity contribution in [2.45, 2.75) is 49.6 Å². The lowest BCUT2D eigenvalue weighted by atomic mass is 9.73. The van der Waals surface area contributed by atoms with Crippen LogP contribution in [-0.4, -0.2) is 47.6 Å². The average Bonchev–Trinajstić information content (AvgIpc) is 3.04. The fourth-order valence-electron chi connectivity index (χ4n) is 4.15. The van der Waals surface area contributed by atoms with Crippen LogP contribution in [0.4, 0.5) is 0 Å². The van der Waals surface area contributed by atoms with E-state index in [2.05, 4.69) is 0 Å². The molecule has 7 nitrogen and oxygen atoms in total. The lowest BCUT2D eigenvalue weighted by molar-refractivity contribution is -0.177. The third-order valence-corrected chi connectivity index (χ3v) is 7.11. The summed E-state index contributed by atoms with van der Waals surface area (Å²) < 4.78 is 24.2. The van der Waals surface area contributed by atoms with Crippen molar-refractivity contribution in [1.82, 2.24) is 5.06 Å². The van der Waals surface area contributed by atoms with Crippen molar-refractivity contribution in [3.05, 3.63) is 59.7 Å². The molecule has 32 heavy (non-hydrogen) atoms. The highest BCUT2D eigenvalue weighted by Gasteiger charge is 2.66. The Morgan fingerprint density at radius 1 is 1.03 bits per heavy atom. The number of ether oxygens (including phenoxy) is 2. The van der Waals surface area contributed by atoms with Gasteiger partial charge in [0.15, 0.2) is 0 Å². The standard InChI is InChI=1S/C24H29NO6S/c1-6-29-22(26)24(23(27)30-7-2)17(4)31-25(5)21(24)19-10-8-9-11-20(19)32(28)18-14-12-16(3)13-15-18/h8-15,17,21H,6-7H2,1-5H3/t17-,21-,32?/m1/s1. The first-order valence-electron chi connectivity index (χ1n) is 10.6. The van der Waals surface area contributed by atoms with Gasteiger partial charge in [0.2, 0.25) is 5.41 Å². The van der Waals surface area contributed by atoms with Crippen LogP contribution in [0.3, 0.4) is 0 Å². The Balaban J connectivity index is 2.20. The SMILES string of the molecule is CCOC(=O)C1(C(=O)OCC)[C@@H](C)ON(C)[C@@H]1c1ccccc1S(=O)c1ccc(C)cc1. The van der Waals surface area contributed by atoms with E-state index in [0.717, 1.165) is 5.56 Å². The number of aryl methyl sites for hydroxylation is 1. The Morgan fingerprint density at radius 2 is 1.59 bits per heavy atom. The minimum Gasteiger partial charge on any atom is -0.465 e. The van der Waals surface area contributed by atoms with Crippen molar-refractivity contribution in [3.63, 3.8) is 0 Å². The highest BCUT2D eigenvalue weighted by molar-refractivity contribution is 7.85. The molecule has 0 saturated carbocycles. The Labute approximate surface area is 191 Å². The maximum Gasteiger partial charge on any atom is 0.328 e. The van der Waals surface area contributed by atoms with Crippen LogP contribution in [0.15, 0.2) is 58.3 Å². The van der Waals surface area contributed by atoms with Gasteiger partial charge >= 0.3 is 11.9 Å². The van der Waals surface area contributed by atoms with Crippen molar-refractivity contribution >= 4 is 22.7 Å². The highest BCUT2D eigenvalue weighted by atomic mass is 32.2. The zero-order valence-electron chi connectivity index (χ0n) is 19.0. The summed E-state index contributed by atoms with van der Waals surface area (Å²) in [6, 6.07) is 13.6. The number of rotatable bonds is 7. The van der Waals surface area contributed by atoms with Crippen molar-refractivity contribution in [2.75, 3.05) is 20.3 Å². The molecule has 1 aliphatic rings. The van der Waals surface area contributed by atoms with E-state index >= 15 is 0 Å². The quantitative estimate of drug-likeness (QED) is 0.462. The predicted octanol–water partition coefficient (Wildman–Crippen LogP) is 3.58. The molecule has 172 valence electrons. The van der Waals surface area contributed by atoms with Crippen LogP contribution in [0.25, 0.3) is 0 Å². The zero-order chi connectivity index (χ0) is 23.5. The third kappa shape index (κ3) is 4.10. The molecule has 1 unspecified atom stereocenters. The molecular formula is C24H29NO6S. The molecule has 0 amide bonds. The van der Waals surface area contributed by atoms with E-state index in [9.17, 15) is 13.8 Å². The Hall–Kier alpha value is -2.55. The fourth-order valence-corrected chi connectivity index (χ4v) is 5.38. The Kier molecular flexibility index (Phi) is 7.48. The third-order valence-electron chi connectivity index (χ3n) is 5.64. The second-order valence-corrected chi connectivity index (χ2v) is 9.07. The number of carbonyl (C=O) groups excluding carboxylic acids is 2. The molecule has 1 saturated heterocycles. The van der Waals surface area contributed by atoms with Gasteiger partial charge < -0.3 is 9.47 Å². The number of nitrogens with zero attached hydrogens (tertiary/aromatic N) is 1. The Bertz CT molecular complexity index is 988. The largest absolute Gasteiger partial charge is 0.465 e. The molecule has 0 aliphatic carbocycles. The maximum atomic E-state index is 13.5. The minimum atomic E-state index is -1.77. The molecule has 8 heteroatoms. The Morgan fingerprint density at radius 3 is 2.16 bits per heavy atom. The fraction of sp³-hybridized carbons (Fsp3) is 0.417. The van der Waals surface area contributed by atoms with Gasteiger partial charge in [-0.3, -0.25) is 14.4 Å². The molecule has 0 bridgehead atoms. The van der Waals surface area contributed by atoms with Gasteiger partial charge in [-0.2, -0.15) is 5.06 Å². The first kappa shape index (κ1) is 24.1. The molecule has 2 aromatic rings. The number of benzene rings is 2. The van der Waals surface area contributed by atoms with E-state index in [1.54, 1.807) is 52.1 Å². The van der Waals surface area contributed by atoms with E-state index in [-0.39, 0.29) is 13.2 Å². The first-order chi connectivity index (χ1) is 15.3. The van der Waals surface area contributed by atoms with Gasteiger partial charge in [0.1, 0.15) is 6.10 Å². The number of hydrogen-bond donors (Lipinski definition) is 0. The van der Waals surface area contributed by atoms with Crippen LogP contribution >= 0.6 is 0 Å². The molecule has 0 radical (unpaired) electrons. The number of hydroxylamine groups is 2. The summed E-state index contributed by atoms with van der Waals surface area (Å²) in [5, 5.41) is 1.46. The van der Waals surface area contributed by atoms with E-state index in [0.29, 0.717) is 15.4 Å². The van der Waals surface area contributed by atoms with Crippen LogP contribution in [-0.2, 0) is 34.7 Å². The molecule has 2 aromatic carbocycles. The van der Waals surface area contributed by atoms with E-state index in [1.807, 2.05) is 31.2 Å². The summed E-state index contributed by atoms with van der Waals surface area (Å²) in [6.45, 7) is 7.15. The molecule has 0 spiro atoms. The van der Waals surface area contributed by atoms with Crippen molar-refractivity contribution < 1.29 is 28.1 Å².